The molecule has 0 saturated heterocycles. The van der Waals surface area contributed by atoms with Gasteiger partial charge in [0.15, 0.2) is 0 Å². The first-order valence-electron chi connectivity index (χ1n) is 7.78. The summed E-state index contributed by atoms with van der Waals surface area (Å²) in [5.41, 5.74) is 1.85. The minimum absolute atomic E-state index is 0.111. The minimum Gasteiger partial charge on any atom is -0.497 e. The first-order chi connectivity index (χ1) is 12.4. The van der Waals surface area contributed by atoms with Gasteiger partial charge in [0.05, 0.1) is 24.1 Å². The quantitative estimate of drug-likeness (QED) is 0.705. The fourth-order valence-electron chi connectivity index (χ4n) is 2.61. The Kier molecular flexibility index (Phi) is 5.01. The molecular formula is C17H18N4O4S. The predicted molar refractivity (Wildman–Crippen MR) is 94.0 cm³/mol. The van der Waals surface area contributed by atoms with Crippen molar-refractivity contribution in [3.8, 4) is 17.2 Å². The van der Waals surface area contributed by atoms with Crippen molar-refractivity contribution in [3.63, 3.8) is 0 Å². The van der Waals surface area contributed by atoms with Gasteiger partial charge in [0.25, 0.3) is 0 Å². The second-order valence-corrected chi connectivity index (χ2v) is 7.36. The Labute approximate surface area is 151 Å². The molecule has 0 amide bonds. The molecule has 2 heterocycles. The molecule has 0 aliphatic rings. The van der Waals surface area contributed by atoms with Crippen molar-refractivity contribution in [2.45, 2.75) is 25.3 Å². The fourth-order valence-corrected chi connectivity index (χ4v) is 4.04. The van der Waals surface area contributed by atoms with Crippen LogP contribution in [0.4, 0.5) is 0 Å². The van der Waals surface area contributed by atoms with Crippen molar-refractivity contribution in [2.75, 3.05) is 7.11 Å². The van der Waals surface area contributed by atoms with Gasteiger partial charge in [-0.2, -0.15) is 0 Å². The Bertz CT molecular complexity index is 993. The molecule has 3 rings (SSSR count). The molecule has 0 unspecified atom stereocenters. The average Bonchev–Trinajstić information content (AvgIpc) is 3.09. The lowest BCUT2D eigenvalue weighted by Gasteiger charge is -2.13. The summed E-state index contributed by atoms with van der Waals surface area (Å²) in [6.07, 6.45) is 3.22. The average molecular weight is 374 g/mol. The number of benzene rings is 1. The summed E-state index contributed by atoms with van der Waals surface area (Å²) < 4.78 is 38.5. The number of sulfonamides is 1. The Balaban J connectivity index is 1.79. The largest absolute Gasteiger partial charge is 0.497 e. The van der Waals surface area contributed by atoms with Crippen LogP contribution in [0, 0.1) is 13.8 Å². The molecule has 2 aromatic heterocycles. The lowest BCUT2D eigenvalue weighted by Crippen LogP contribution is -2.25. The van der Waals surface area contributed by atoms with E-state index in [2.05, 4.69) is 19.9 Å². The Morgan fingerprint density at radius 2 is 1.92 bits per heavy atom. The summed E-state index contributed by atoms with van der Waals surface area (Å²) in [5, 5.41) is 7.78. The van der Waals surface area contributed by atoms with Crippen molar-refractivity contribution in [1.29, 1.82) is 0 Å². The van der Waals surface area contributed by atoms with E-state index in [1.54, 1.807) is 50.5 Å². The van der Waals surface area contributed by atoms with Crippen molar-refractivity contribution < 1.29 is 17.6 Å². The van der Waals surface area contributed by atoms with Gasteiger partial charge in [-0.05, 0) is 49.2 Å². The van der Waals surface area contributed by atoms with E-state index in [0.717, 1.165) is 0 Å². The van der Waals surface area contributed by atoms with E-state index in [0.29, 0.717) is 22.4 Å². The second kappa shape index (κ2) is 7.22. The number of rotatable bonds is 6. The van der Waals surface area contributed by atoms with Crippen LogP contribution in [-0.4, -0.2) is 30.7 Å². The van der Waals surface area contributed by atoms with Crippen LogP contribution in [0.2, 0.25) is 0 Å². The molecule has 3 aromatic rings. The zero-order valence-electron chi connectivity index (χ0n) is 14.6. The van der Waals surface area contributed by atoms with E-state index < -0.39 is 10.0 Å². The third kappa shape index (κ3) is 3.73. The maximum absolute atomic E-state index is 12.7. The van der Waals surface area contributed by atoms with E-state index >= 15 is 0 Å². The first-order valence-corrected chi connectivity index (χ1v) is 9.26. The van der Waals surface area contributed by atoms with Gasteiger partial charge >= 0.3 is 0 Å². The Morgan fingerprint density at radius 1 is 1.19 bits per heavy atom. The van der Waals surface area contributed by atoms with E-state index in [1.807, 2.05) is 0 Å². The number of nitrogens with zero attached hydrogens (tertiary/aromatic N) is 3. The molecule has 0 saturated carbocycles. The van der Waals surface area contributed by atoms with Gasteiger partial charge in [0.1, 0.15) is 5.75 Å². The standard InChI is InChI=1S/C17H18N4O4S/c1-11-7-14(24-3)8-12(2)16(11)26(22,23)19-10-15-20-21-17(25-15)13-5-4-6-18-9-13/h4-9,19H,10H2,1-3H3. The summed E-state index contributed by atoms with van der Waals surface area (Å²) in [4.78, 5) is 4.19. The maximum Gasteiger partial charge on any atom is 0.249 e. The molecular weight excluding hydrogens is 356 g/mol. The molecule has 1 N–H and O–H groups in total. The molecule has 0 atom stereocenters. The van der Waals surface area contributed by atoms with E-state index in [9.17, 15) is 8.42 Å². The summed E-state index contributed by atoms with van der Waals surface area (Å²) in [5.74, 6) is 1.05. The predicted octanol–water partition coefficient (Wildman–Crippen LogP) is 2.24. The van der Waals surface area contributed by atoms with Crippen LogP contribution in [0.1, 0.15) is 17.0 Å². The molecule has 0 radical (unpaired) electrons. The molecule has 8 nitrogen and oxygen atoms in total. The normalized spacial score (nSPS) is 11.5. The number of hydrogen-bond donors (Lipinski definition) is 1. The van der Waals surface area contributed by atoms with Gasteiger partial charge in [-0.15, -0.1) is 10.2 Å². The molecule has 0 fully saturated rings. The van der Waals surface area contributed by atoms with E-state index in [-0.39, 0.29) is 23.2 Å². The minimum atomic E-state index is -3.75. The number of aryl methyl sites for hydroxylation is 2. The zero-order chi connectivity index (χ0) is 18.7. The summed E-state index contributed by atoms with van der Waals surface area (Å²) >= 11 is 0. The van der Waals surface area contributed by atoms with Gasteiger partial charge in [0.2, 0.25) is 21.8 Å². The molecule has 1 aromatic carbocycles. The Morgan fingerprint density at radius 3 is 2.54 bits per heavy atom. The molecule has 0 spiro atoms. The van der Waals surface area contributed by atoms with Gasteiger partial charge < -0.3 is 9.15 Å². The maximum atomic E-state index is 12.7. The number of nitrogens with one attached hydrogen (secondary N) is 1. The van der Waals surface area contributed by atoms with Crippen molar-refractivity contribution in [3.05, 3.63) is 53.7 Å². The highest BCUT2D eigenvalue weighted by Crippen LogP contribution is 2.25. The van der Waals surface area contributed by atoms with Gasteiger partial charge in [-0.3, -0.25) is 4.98 Å². The highest BCUT2D eigenvalue weighted by atomic mass is 32.2. The highest BCUT2D eigenvalue weighted by Gasteiger charge is 2.21. The lowest BCUT2D eigenvalue weighted by molar-refractivity contribution is 0.413. The number of methoxy groups -OCH3 is 1. The third-order valence-corrected chi connectivity index (χ3v) is 5.43. The SMILES string of the molecule is COc1cc(C)c(S(=O)(=O)NCc2nnc(-c3cccnc3)o2)c(C)c1. The van der Waals surface area contributed by atoms with Gasteiger partial charge in [-0.1, -0.05) is 0 Å². The number of aromatic nitrogens is 3. The molecule has 0 aliphatic heterocycles. The van der Waals surface area contributed by atoms with Crippen LogP contribution in [-0.2, 0) is 16.6 Å². The number of ether oxygens (including phenoxy) is 1. The lowest BCUT2D eigenvalue weighted by atomic mass is 10.1. The highest BCUT2D eigenvalue weighted by molar-refractivity contribution is 7.89. The zero-order valence-corrected chi connectivity index (χ0v) is 15.4. The molecule has 9 heteroatoms. The van der Waals surface area contributed by atoms with Crippen molar-refractivity contribution >= 4 is 10.0 Å². The summed E-state index contributed by atoms with van der Waals surface area (Å²) in [6, 6.07) is 6.87. The van der Waals surface area contributed by atoms with Crippen LogP contribution in [0.3, 0.4) is 0 Å². The van der Waals surface area contributed by atoms with Crippen LogP contribution in [0.25, 0.3) is 11.5 Å². The molecule has 0 aliphatic carbocycles. The molecule has 0 bridgehead atoms. The van der Waals surface area contributed by atoms with E-state index in [1.165, 1.54) is 7.11 Å². The topological polar surface area (TPSA) is 107 Å². The fraction of sp³-hybridized carbons (Fsp3) is 0.235. The number of pyridine rings is 1. The van der Waals surface area contributed by atoms with E-state index in [4.69, 9.17) is 9.15 Å². The van der Waals surface area contributed by atoms with Crippen LogP contribution < -0.4 is 9.46 Å². The summed E-state index contributed by atoms with van der Waals surface area (Å²) in [6.45, 7) is 3.33. The number of hydrogen-bond acceptors (Lipinski definition) is 7. The molecule has 136 valence electrons. The summed E-state index contributed by atoms with van der Waals surface area (Å²) in [7, 11) is -2.21. The molecule has 26 heavy (non-hydrogen) atoms. The smallest absolute Gasteiger partial charge is 0.249 e. The van der Waals surface area contributed by atoms with Crippen molar-refractivity contribution in [1.82, 2.24) is 19.9 Å². The van der Waals surface area contributed by atoms with Gasteiger partial charge in [0, 0.05) is 12.4 Å². The van der Waals surface area contributed by atoms with Crippen LogP contribution in [0.5, 0.6) is 5.75 Å². The van der Waals surface area contributed by atoms with Crippen molar-refractivity contribution in [2.24, 2.45) is 0 Å². The third-order valence-electron chi connectivity index (χ3n) is 3.73. The second-order valence-electron chi connectivity index (χ2n) is 5.66. The van der Waals surface area contributed by atoms with Crippen LogP contribution >= 0.6 is 0 Å². The Hall–Kier alpha value is -2.78. The first kappa shape index (κ1) is 18.0. The van der Waals surface area contributed by atoms with Gasteiger partial charge in [-0.25, -0.2) is 13.1 Å². The monoisotopic (exact) mass is 374 g/mol. The van der Waals surface area contributed by atoms with Crippen LogP contribution in [0.15, 0.2) is 46.0 Å².